The number of piperazine rings is 1. The summed E-state index contributed by atoms with van der Waals surface area (Å²) < 4.78 is 0. The smallest absolute Gasteiger partial charge is 0.215 e. The van der Waals surface area contributed by atoms with Crippen molar-refractivity contribution >= 4 is 11.6 Å². The number of rotatable bonds is 1. The maximum absolute atomic E-state index is 12.7. The maximum atomic E-state index is 12.7. The van der Waals surface area contributed by atoms with Crippen LogP contribution in [0.3, 0.4) is 0 Å². The lowest BCUT2D eigenvalue weighted by atomic mass is 9.85. The molecule has 1 aromatic carbocycles. The Kier molecular flexibility index (Phi) is 3.31. The third-order valence-corrected chi connectivity index (χ3v) is 3.84. The molecule has 1 fully saturated rings. The SMILES string of the molecule is N#CC1=C(N2CCNCC2)C(=O)c2c(O)ccc(O)c2C1=O. The molecule has 1 saturated heterocycles. The number of fused-ring (bicyclic) bond motifs is 1. The van der Waals surface area contributed by atoms with E-state index in [4.69, 9.17) is 0 Å². The number of benzene rings is 1. The van der Waals surface area contributed by atoms with Gasteiger partial charge in [-0.1, -0.05) is 0 Å². The summed E-state index contributed by atoms with van der Waals surface area (Å²) in [7, 11) is 0. The lowest BCUT2D eigenvalue weighted by Gasteiger charge is -2.33. The maximum Gasteiger partial charge on any atom is 0.215 e. The summed E-state index contributed by atoms with van der Waals surface area (Å²) in [4.78, 5) is 26.9. The van der Waals surface area contributed by atoms with Crippen molar-refractivity contribution in [1.29, 1.82) is 5.26 Å². The number of carbonyl (C=O) groups excluding carboxylic acids is 2. The largest absolute Gasteiger partial charge is 0.507 e. The number of allylic oxidation sites excluding steroid dienone is 2. The highest BCUT2D eigenvalue weighted by Gasteiger charge is 2.39. The summed E-state index contributed by atoms with van der Waals surface area (Å²) >= 11 is 0. The van der Waals surface area contributed by atoms with Crippen molar-refractivity contribution < 1.29 is 19.8 Å². The average molecular weight is 299 g/mol. The number of hydrogen-bond donors (Lipinski definition) is 3. The molecule has 7 heteroatoms. The van der Waals surface area contributed by atoms with Crippen molar-refractivity contribution in [2.75, 3.05) is 26.2 Å². The third-order valence-electron chi connectivity index (χ3n) is 3.84. The van der Waals surface area contributed by atoms with Crippen molar-refractivity contribution in [3.8, 4) is 17.6 Å². The number of nitrogens with one attached hydrogen (secondary N) is 1. The van der Waals surface area contributed by atoms with E-state index >= 15 is 0 Å². The Morgan fingerprint density at radius 1 is 1.05 bits per heavy atom. The van der Waals surface area contributed by atoms with E-state index in [2.05, 4.69) is 5.32 Å². The van der Waals surface area contributed by atoms with Crippen LogP contribution in [-0.4, -0.2) is 52.9 Å². The first-order chi connectivity index (χ1) is 10.6. The van der Waals surface area contributed by atoms with Gasteiger partial charge < -0.3 is 20.4 Å². The number of phenols is 2. The highest BCUT2D eigenvalue weighted by Crippen LogP contribution is 2.37. The van der Waals surface area contributed by atoms with Crippen LogP contribution in [0.15, 0.2) is 23.4 Å². The molecule has 0 spiro atoms. The van der Waals surface area contributed by atoms with Gasteiger partial charge in [-0.15, -0.1) is 0 Å². The Labute approximate surface area is 126 Å². The van der Waals surface area contributed by atoms with Gasteiger partial charge in [0.25, 0.3) is 0 Å². The minimum Gasteiger partial charge on any atom is -0.507 e. The number of ketones is 2. The molecule has 0 saturated carbocycles. The highest BCUT2D eigenvalue weighted by atomic mass is 16.3. The Hall–Kier alpha value is -2.85. The molecule has 1 heterocycles. The van der Waals surface area contributed by atoms with E-state index in [1.165, 1.54) is 0 Å². The molecule has 0 amide bonds. The van der Waals surface area contributed by atoms with Gasteiger partial charge in [-0.25, -0.2) is 0 Å². The molecule has 3 rings (SSSR count). The molecule has 0 atom stereocenters. The van der Waals surface area contributed by atoms with Gasteiger partial charge in [0.2, 0.25) is 11.6 Å². The van der Waals surface area contributed by atoms with E-state index in [-0.39, 0.29) is 28.1 Å². The van der Waals surface area contributed by atoms with Crippen LogP contribution in [0.1, 0.15) is 20.7 Å². The van der Waals surface area contributed by atoms with Gasteiger partial charge in [0, 0.05) is 26.2 Å². The van der Waals surface area contributed by atoms with E-state index < -0.39 is 17.3 Å². The first-order valence-corrected chi connectivity index (χ1v) is 6.80. The number of phenolic OH excluding ortho intramolecular Hbond substituents is 2. The molecule has 3 N–H and O–H groups in total. The molecule has 0 radical (unpaired) electrons. The molecule has 1 aliphatic carbocycles. The van der Waals surface area contributed by atoms with Crippen molar-refractivity contribution in [3.63, 3.8) is 0 Å². The van der Waals surface area contributed by atoms with Gasteiger partial charge in [0.05, 0.1) is 11.1 Å². The van der Waals surface area contributed by atoms with Crippen LogP contribution >= 0.6 is 0 Å². The summed E-state index contributed by atoms with van der Waals surface area (Å²) in [5.41, 5.74) is -0.833. The molecular weight excluding hydrogens is 286 g/mol. The molecule has 1 aromatic rings. The number of aromatic hydroxyl groups is 2. The van der Waals surface area contributed by atoms with Gasteiger partial charge in [-0.05, 0) is 12.1 Å². The molecular formula is C15H13N3O4. The second kappa shape index (κ2) is 5.16. The van der Waals surface area contributed by atoms with Crippen LogP contribution in [0.25, 0.3) is 0 Å². The number of nitriles is 1. The molecule has 2 aliphatic rings. The lowest BCUT2D eigenvalue weighted by Crippen LogP contribution is -2.46. The highest BCUT2D eigenvalue weighted by molar-refractivity contribution is 6.30. The van der Waals surface area contributed by atoms with Crippen molar-refractivity contribution in [2.24, 2.45) is 0 Å². The zero-order valence-corrected chi connectivity index (χ0v) is 11.6. The molecule has 7 nitrogen and oxygen atoms in total. The van der Waals surface area contributed by atoms with E-state index in [0.717, 1.165) is 12.1 Å². The second-order valence-electron chi connectivity index (χ2n) is 5.08. The molecule has 112 valence electrons. The Morgan fingerprint density at radius 3 is 2.14 bits per heavy atom. The van der Waals surface area contributed by atoms with Crippen LogP contribution in [-0.2, 0) is 0 Å². The second-order valence-corrected chi connectivity index (χ2v) is 5.08. The van der Waals surface area contributed by atoms with Crippen LogP contribution in [0.4, 0.5) is 0 Å². The number of hydrogen-bond acceptors (Lipinski definition) is 7. The Morgan fingerprint density at radius 2 is 1.59 bits per heavy atom. The summed E-state index contributed by atoms with van der Waals surface area (Å²) in [6, 6.07) is 4.06. The van der Waals surface area contributed by atoms with Gasteiger partial charge in [0.1, 0.15) is 28.8 Å². The van der Waals surface area contributed by atoms with Gasteiger partial charge in [-0.2, -0.15) is 5.26 Å². The molecule has 0 bridgehead atoms. The molecule has 1 aliphatic heterocycles. The zero-order chi connectivity index (χ0) is 15.9. The quantitative estimate of drug-likeness (QED) is 0.633. The minimum atomic E-state index is -0.737. The lowest BCUT2D eigenvalue weighted by molar-refractivity contribution is 0.0935. The van der Waals surface area contributed by atoms with Crippen LogP contribution in [0.2, 0.25) is 0 Å². The first kappa shape index (κ1) is 14.1. The van der Waals surface area contributed by atoms with Crippen LogP contribution in [0, 0.1) is 11.3 Å². The molecule has 0 aromatic heterocycles. The van der Waals surface area contributed by atoms with E-state index in [1.807, 2.05) is 0 Å². The number of carbonyl (C=O) groups is 2. The Bertz CT molecular complexity index is 755. The number of nitrogens with zero attached hydrogens (tertiary/aromatic N) is 2. The fraction of sp³-hybridized carbons (Fsp3) is 0.267. The minimum absolute atomic E-state index is 0.00222. The van der Waals surface area contributed by atoms with E-state index in [9.17, 15) is 25.1 Å². The number of Topliss-reactive ketones (excluding diaryl/α,β-unsaturated/α-hetero) is 2. The molecule has 22 heavy (non-hydrogen) atoms. The fourth-order valence-corrected chi connectivity index (χ4v) is 2.80. The van der Waals surface area contributed by atoms with E-state index in [0.29, 0.717) is 26.2 Å². The fourth-order valence-electron chi connectivity index (χ4n) is 2.80. The van der Waals surface area contributed by atoms with Crippen molar-refractivity contribution in [3.05, 3.63) is 34.5 Å². The Balaban J connectivity index is 2.22. The predicted molar refractivity (Wildman–Crippen MR) is 75.5 cm³/mol. The summed E-state index contributed by atoms with van der Waals surface area (Å²) in [5, 5.41) is 32.2. The standard InChI is InChI=1S/C15H13N3O4/c16-7-8-13(18-5-3-17-4-6-18)15(22)12-10(20)2-1-9(19)11(12)14(8)21/h1-2,17,19-20H,3-6H2. The summed E-state index contributed by atoms with van der Waals surface area (Å²) in [5.74, 6) is -2.14. The zero-order valence-electron chi connectivity index (χ0n) is 11.6. The molecule has 0 unspecified atom stereocenters. The van der Waals surface area contributed by atoms with Gasteiger partial charge >= 0.3 is 0 Å². The predicted octanol–water partition coefficient (Wildman–Crippen LogP) is 0.160. The van der Waals surface area contributed by atoms with Crippen molar-refractivity contribution in [2.45, 2.75) is 0 Å². The van der Waals surface area contributed by atoms with Gasteiger partial charge in [0.15, 0.2) is 0 Å². The summed E-state index contributed by atoms with van der Waals surface area (Å²) in [6.07, 6.45) is 0. The van der Waals surface area contributed by atoms with Crippen LogP contribution < -0.4 is 5.32 Å². The normalized spacial score (nSPS) is 18.2. The van der Waals surface area contributed by atoms with Gasteiger partial charge in [-0.3, -0.25) is 9.59 Å². The monoisotopic (exact) mass is 299 g/mol. The first-order valence-electron chi connectivity index (χ1n) is 6.80. The topological polar surface area (TPSA) is 114 Å². The third kappa shape index (κ3) is 1.93. The van der Waals surface area contributed by atoms with Crippen molar-refractivity contribution in [1.82, 2.24) is 10.2 Å². The van der Waals surface area contributed by atoms with E-state index in [1.54, 1.807) is 11.0 Å². The average Bonchev–Trinajstić information content (AvgIpc) is 2.53. The summed E-state index contributed by atoms with van der Waals surface area (Å²) in [6.45, 7) is 2.22. The van der Waals surface area contributed by atoms with Crippen LogP contribution in [0.5, 0.6) is 11.5 Å².